The summed E-state index contributed by atoms with van der Waals surface area (Å²) in [6, 6.07) is 9.24. The topological polar surface area (TPSA) is 120 Å². The number of aryl methyl sites for hydroxylation is 1. The second-order valence-corrected chi connectivity index (χ2v) is 16.8. The van der Waals surface area contributed by atoms with Crippen molar-refractivity contribution in [1.29, 1.82) is 0 Å². The quantitative estimate of drug-likeness (QED) is 0.146. The van der Waals surface area contributed by atoms with Gasteiger partial charge in [0, 0.05) is 81.2 Å². The molecule has 0 aliphatic carbocycles. The highest BCUT2D eigenvalue weighted by Crippen LogP contribution is 2.33. The van der Waals surface area contributed by atoms with Crippen molar-refractivity contribution in [3.8, 4) is 0 Å². The van der Waals surface area contributed by atoms with Crippen molar-refractivity contribution in [3.63, 3.8) is 0 Å². The van der Waals surface area contributed by atoms with Gasteiger partial charge in [0.25, 0.3) is 0 Å². The van der Waals surface area contributed by atoms with Gasteiger partial charge in [-0.05, 0) is 69.0 Å². The number of carbonyl (C=O) groups excluding carboxylic acids is 4. The number of likely N-dealkylation sites (tertiary alicyclic amines) is 1. The van der Waals surface area contributed by atoms with Gasteiger partial charge in [-0.1, -0.05) is 79.2 Å². The zero-order valence-electron chi connectivity index (χ0n) is 35.1. The summed E-state index contributed by atoms with van der Waals surface area (Å²) in [5.74, 6) is -1.27. The number of Topliss-reactive ketones (excluding diaryl/α,β-unsaturated/α-hetero) is 2. The van der Waals surface area contributed by atoms with Crippen LogP contribution in [0.4, 0.5) is 0 Å². The van der Waals surface area contributed by atoms with Gasteiger partial charge >= 0.3 is 0 Å². The average Bonchev–Trinajstić information content (AvgIpc) is 3.62. The van der Waals surface area contributed by atoms with Crippen molar-refractivity contribution in [2.45, 2.75) is 124 Å². The third-order valence-electron chi connectivity index (χ3n) is 12.2. The Hall–Kier alpha value is -3.21. The van der Waals surface area contributed by atoms with Crippen LogP contribution in [0.25, 0.3) is 10.8 Å². The lowest BCUT2D eigenvalue weighted by molar-refractivity contribution is -0.148. The van der Waals surface area contributed by atoms with Gasteiger partial charge in [0.1, 0.15) is 5.78 Å². The van der Waals surface area contributed by atoms with Crippen LogP contribution >= 0.6 is 0 Å². The molecule has 10 heteroatoms. The lowest BCUT2D eigenvalue weighted by Crippen LogP contribution is -2.54. The van der Waals surface area contributed by atoms with E-state index in [2.05, 4.69) is 31.0 Å². The van der Waals surface area contributed by atoms with E-state index in [4.69, 9.17) is 4.74 Å². The maximum atomic E-state index is 14.3. The SMILES string of the molecule is CC[C@H](C)C([C@@H](CC(=O)N1CCC[C@H]1[C@H](CO)[C@@H](C)C(=O)CCCc1cc2ccccc2cn1)OC)N(C)C(=O)[C@@H](CC(=O)[C@H](C(C)C)N(C)C)C(C)C. The van der Waals surface area contributed by atoms with Crippen LogP contribution < -0.4 is 0 Å². The molecule has 54 heavy (non-hydrogen) atoms. The van der Waals surface area contributed by atoms with Gasteiger partial charge in [0.05, 0.1) is 24.6 Å². The van der Waals surface area contributed by atoms with Crippen LogP contribution in [0.5, 0.6) is 0 Å². The van der Waals surface area contributed by atoms with Crippen LogP contribution in [0.3, 0.4) is 0 Å². The Kier molecular flexibility index (Phi) is 17.7. The summed E-state index contributed by atoms with van der Waals surface area (Å²) in [6.45, 7) is 14.4. The van der Waals surface area contributed by atoms with Gasteiger partial charge in [0.15, 0.2) is 5.78 Å². The number of nitrogens with zero attached hydrogens (tertiary/aromatic N) is 4. The van der Waals surface area contributed by atoms with E-state index in [9.17, 15) is 24.3 Å². The summed E-state index contributed by atoms with van der Waals surface area (Å²) in [5, 5.41) is 12.8. The van der Waals surface area contributed by atoms with Gasteiger partial charge < -0.3 is 19.6 Å². The number of benzene rings is 1. The molecule has 1 unspecified atom stereocenters. The van der Waals surface area contributed by atoms with Crippen LogP contribution in [0.2, 0.25) is 0 Å². The molecule has 0 bridgehead atoms. The Morgan fingerprint density at radius 2 is 1.63 bits per heavy atom. The molecule has 1 aromatic carbocycles. The number of ketones is 2. The number of aliphatic hydroxyl groups is 1. The minimum atomic E-state index is -0.577. The third-order valence-corrected chi connectivity index (χ3v) is 12.2. The standard InChI is InChI=1S/C44H70N4O6/c1-12-30(6)43(47(10)44(53)35(28(2)3)24-39(51)42(29(4)5)46(8)9)40(54-11)25-41(52)48-22-16-20-37(48)36(27-49)31(7)38(50)21-15-19-34-23-32-17-13-14-18-33(32)26-45-34/h13-14,17-18,23,26,28-31,35-37,40,42-43,49H,12,15-16,19-22,24-25,27H2,1-11H3/t30-,31+,35-,36+,37-,40+,42-,43?/m0/s1. The molecular weight excluding hydrogens is 681 g/mol. The Bertz CT molecular complexity index is 1520. The maximum Gasteiger partial charge on any atom is 0.226 e. The lowest BCUT2D eigenvalue weighted by atomic mass is 9.82. The molecule has 1 fully saturated rings. The fourth-order valence-electron chi connectivity index (χ4n) is 8.82. The molecule has 1 aromatic heterocycles. The number of hydrogen-bond acceptors (Lipinski definition) is 8. The number of amides is 2. The van der Waals surface area contributed by atoms with Gasteiger partial charge in [0.2, 0.25) is 11.8 Å². The summed E-state index contributed by atoms with van der Waals surface area (Å²) in [5.41, 5.74) is 0.952. The molecule has 1 aliphatic rings. The second-order valence-electron chi connectivity index (χ2n) is 16.8. The number of aliphatic hydroxyl groups excluding tert-OH is 1. The highest BCUT2D eigenvalue weighted by atomic mass is 16.5. The van der Waals surface area contributed by atoms with Crippen molar-refractivity contribution >= 4 is 34.2 Å². The number of rotatable bonds is 22. The van der Waals surface area contributed by atoms with Crippen molar-refractivity contribution in [1.82, 2.24) is 19.7 Å². The van der Waals surface area contributed by atoms with E-state index in [1.54, 1.807) is 19.1 Å². The van der Waals surface area contributed by atoms with E-state index >= 15 is 0 Å². The fourth-order valence-corrected chi connectivity index (χ4v) is 8.82. The van der Waals surface area contributed by atoms with Crippen LogP contribution in [0.1, 0.15) is 99.1 Å². The largest absolute Gasteiger partial charge is 0.396 e. The summed E-state index contributed by atoms with van der Waals surface area (Å²) in [4.78, 5) is 65.6. The molecule has 3 rings (SSSR count). The molecule has 2 aromatic rings. The van der Waals surface area contributed by atoms with Gasteiger partial charge in [-0.2, -0.15) is 0 Å². The Balaban J connectivity index is 1.71. The van der Waals surface area contributed by atoms with E-state index in [-0.39, 0.29) is 78.6 Å². The molecule has 0 spiro atoms. The first kappa shape index (κ1) is 45.2. The molecule has 10 nitrogen and oxygen atoms in total. The van der Waals surface area contributed by atoms with E-state index in [1.165, 1.54) is 0 Å². The zero-order valence-corrected chi connectivity index (χ0v) is 35.1. The minimum absolute atomic E-state index is 0.0208. The Morgan fingerprint density at radius 1 is 0.963 bits per heavy atom. The first-order valence-corrected chi connectivity index (χ1v) is 20.3. The molecule has 302 valence electrons. The maximum absolute atomic E-state index is 14.3. The number of ether oxygens (including phenoxy) is 1. The third kappa shape index (κ3) is 11.4. The fraction of sp³-hybridized carbons (Fsp3) is 0.705. The van der Waals surface area contributed by atoms with Crippen molar-refractivity contribution in [3.05, 3.63) is 42.2 Å². The van der Waals surface area contributed by atoms with E-state index in [0.717, 1.165) is 35.7 Å². The number of aromatic nitrogens is 1. The Morgan fingerprint density at radius 3 is 2.20 bits per heavy atom. The molecule has 8 atom stereocenters. The van der Waals surface area contributed by atoms with E-state index < -0.39 is 24.0 Å². The molecule has 2 heterocycles. The van der Waals surface area contributed by atoms with Gasteiger partial charge in [-0.25, -0.2) is 0 Å². The normalized spacial score (nSPS) is 18.8. The lowest BCUT2D eigenvalue weighted by Gasteiger charge is -2.41. The van der Waals surface area contributed by atoms with Crippen LogP contribution in [0.15, 0.2) is 36.5 Å². The number of likely N-dealkylation sites (N-methyl/N-ethyl adjacent to an activating group) is 2. The van der Waals surface area contributed by atoms with Crippen LogP contribution in [-0.2, 0) is 30.3 Å². The summed E-state index contributed by atoms with van der Waals surface area (Å²) in [6.07, 6.45) is 5.54. The van der Waals surface area contributed by atoms with Crippen molar-refractivity contribution in [2.75, 3.05) is 41.4 Å². The number of pyridine rings is 1. The van der Waals surface area contributed by atoms with Crippen molar-refractivity contribution < 1.29 is 29.0 Å². The van der Waals surface area contributed by atoms with Gasteiger partial charge in [-0.3, -0.25) is 29.1 Å². The predicted octanol–water partition coefficient (Wildman–Crippen LogP) is 6.46. The molecule has 1 aliphatic heterocycles. The van der Waals surface area contributed by atoms with Crippen molar-refractivity contribution in [2.24, 2.45) is 35.5 Å². The van der Waals surface area contributed by atoms with Gasteiger partial charge in [-0.15, -0.1) is 0 Å². The number of carbonyl (C=O) groups is 4. The second kappa shape index (κ2) is 21.2. The van der Waals surface area contributed by atoms with Crippen LogP contribution in [0, 0.1) is 35.5 Å². The highest BCUT2D eigenvalue weighted by Gasteiger charge is 2.42. The van der Waals surface area contributed by atoms with E-state index in [0.29, 0.717) is 25.8 Å². The zero-order chi connectivity index (χ0) is 40.3. The predicted molar refractivity (Wildman–Crippen MR) is 216 cm³/mol. The molecule has 1 N–H and O–H groups in total. The minimum Gasteiger partial charge on any atom is -0.396 e. The summed E-state index contributed by atoms with van der Waals surface area (Å²) < 4.78 is 6.05. The molecule has 0 saturated carbocycles. The summed E-state index contributed by atoms with van der Waals surface area (Å²) >= 11 is 0. The first-order valence-electron chi connectivity index (χ1n) is 20.3. The highest BCUT2D eigenvalue weighted by molar-refractivity contribution is 5.90. The molecule has 1 saturated heterocycles. The number of methoxy groups -OCH3 is 1. The monoisotopic (exact) mass is 751 g/mol. The summed E-state index contributed by atoms with van der Waals surface area (Å²) in [7, 11) is 7.17. The first-order chi connectivity index (χ1) is 25.6. The average molecular weight is 751 g/mol. The van der Waals surface area contributed by atoms with E-state index in [1.807, 2.05) is 82.9 Å². The molecule has 2 amide bonds. The Labute approximate surface area is 325 Å². The molecule has 0 radical (unpaired) electrons. The number of hydrogen-bond donors (Lipinski definition) is 1. The smallest absolute Gasteiger partial charge is 0.226 e. The molecular formula is C44H70N4O6. The van der Waals surface area contributed by atoms with Crippen LogP contribution in [-0.4, -0.2) is 114 Å². The number of fused-ring (bicyclic) bond motifs is 1.